The van der Waals surface area contributed by atoms with Gasteiger partial charge in [-0.15, -0.1) is 0 Å². The fraction of sp³-hybridized carbons (Fsp3) is 0.273. The second-order valence-electron chi connectivity index (χ2n) is 2.73. The number of hydrogen-bond acceptors (Lipinski definition) is 2. The van der Waals surface area contributed by atoms with Crippen LogP contribution in [0, 0.1) is 0 Å². The van der Waals surface area contributed by atoms with Gasteiger partial charge < -0.3 is 4.79 Å². The molecule has 0 aliphatic carbocycles. The molecule has 1 rings (SSSR count). The quantitative estimate of drug-likeness (QED) is 0.510. The maximum absolute atomic E-state index is 10.0. The van der Waals surface area contributed by atoms with E-state index in [0.717, 1.165) is 18.4 Å². The van der Waals surface area contributed by atoms with E-state index < -0.39 is 0 Å². The van der Waals surface area contributed by atoms with Crippen molar-refractivity contribution in [3.05, 3.63) is 29.8 Å². The van der Waals surface area contributed by atoms with Crippen molar-refractivity contribution in [1.82, 2.24) is 0 Å². The number of benzene rings is 1. The topological polar surface area (TPSA) is 29.4 Å². The average Bonchev–Trinajstić information content (AvgIpc) is 2.19. The summed E-state index contributed by atoms with van der Waals surface area (Å²) in [4.78, 5) is 14.1. The Morgan fingerprint density at radius 1 is 1.31 bits per heavy atom. The lowest BCUT2D eigenvalue weighted by Crippen LogP contribution is -1.78. The summed E-state index contributed by atoms with van der Waals surface area (Å²) in [5.41, 5.74) is 2.20. The van der Waals surface area contributed by atoms with Gasteiger partial charge >= 0.3 is 0 Å². The molecule has 0 radical (unpaired) electrons. The molecule has 0 amide bonds. The Hall–Kier alpha value is -1.44. The molecule has 0 aromatic heterocycles. The van der Waals surface area contributed by atoms with Crippen molar-refractivity contribution in [3.63, 3.8) is 0 Å². The fourth-order valence-corrected chi connectivity index (χ4v) is 1.02. The first-order valence-electron chi connectivity index (χ1n) is 4.42. The minimum atomic E-state index is 0.384. The van der Waals surface area contributed by atoms with Crippen LogP contribution in [0.4, 0.5) is 5.69 Å². The molecule has 13 heavy (non-hydrogen) atoms. The van der Waals surface area contributed by atoms with Gasteiger partial charge in [0.25, 0.3) is 0 Å². The van der Waals surface area contributed by atoms with Crippen LogP contribution in [0.2, 0.25) is 0 Å². The van der Waals surface area contributed by atoms with E-state index >= 15 is 0 Å². The van der Waals surface area contributed by atoms with E-state index in [1.54, 1.807) is 6.21 Å². The highest BCUT2D eigenvalue weighted by molar-refractivity contribution is 5.78. The summed E-state index contributed by atoms with van der Waals surface area (Å²) in [6.07, 6.45) is 3.88. The van der Waals surface area contributed by atoms with Crippen molar-refractivity contribution in [2.75, 3.05) is 0 Å². The van der Waals surface area contributed by atoms with E-state index in [1.165, 1.54) is 5.56 Å². The van der Waals surface area contributed by atoms with Crippen molar-refractivity contribution in [2.45, 2.75) is 19.8 Å². The molecule has 0 aliphatic rings. The van der Waals surface area contributed by atoms with Gasteiger partial charge in [-0.25, -0.2) is 0 Å². The number of rotatable bonds is 4. The van der Waals surface area contributed by atoms with E-state index in [4.69, 9.17) is 0 Å². The minimum Gasteiger partial charge on any atom is -0.303 e. The molecular weight excluding hydrogens is 162 g/mol. The highest BCUT2D eigenvalue weighted by Crippen LogP contribution is 2.12. The van der Waals surface area contributed by atoms with Gasteiger partial charge in [-0.1, -0.05) is 19.1 Å². The largest absolute Gasteiger partial charge is 0.303 e. The summed E-state index contributed by atoms with van der Waals surface area (Å²) < 4.78 is 0. The van der Waals surface area contributed by atoms with Gasteiger partial charge in [0, 0.05) is 12.6 Å². The Bertz CT molecular complexity index is 287. The summed E-state index contributed by atoms with van der Waals surface area (Å²) in [6, 6.07) is 8.02. The Morgan fingerprint density at radius 2 is 2.00 bits per heavy atom. The first-order chi connectivity index (χ1) is 6.36. The molecular formula is C11H13NO. The normalized spacial score (nSPS) is 10.5. The maximum atomic E-state index is 10.0. The minimum absolute atomic E-state index is 0.384. The first kappa shape index (κ1) is 9.65. The summed E-state index contributed by atoms with van der Waals surface area (Å²) in [7, 11) is 0. The van der Waals surface area contributed by atoms with Crippen LogP contribution in [0.25, 0.3) is 0 Å². The highest BCUT2D eigenvalue weighted by atomic mass is 16.1. The van der Waals surface area contributed by atoms with Gasteiger partial charge in [-0.2, -0.15) is 0 Å². The molecule has 0 atom stereocenters. The van der Waals surface area contributed by atoms with Crippen molar-refractivity contribution in [3.8, 4) is 0 Å². The van der Waals surface area contributed by atoms with Crippen molar-refractivity contribution < 1.29 is 4.79 Å². The molecule has 0 saturated heterocycles. The zero-order chi connectivity index (χ0) is 9.52. The Labute approximate surface area is 78.3 Å². The molecule has 2 heteroatoms. The lowest BCUT2D eigenvalue weighted by molar-refractivity contribution is -0.106. The third-order valence-electron chi connectivity index (χ3n) is 1.79. The summed E-state index contributed by atoms with van der Waals surface area (Å²) in [6.45, 7) is 2.12. The van der Waals surface area contributed by atoms with E-state index in [0.29, 0.717) is 6.42 Å². The van der Waals surface area contributed by atoms with E-state index in [1.807, 2.05) is 24.3 Å². The van der Waals surface area contributed by atoms with E-state index in [2.05, 4.69) is 11.9 Å². The average molecular weight is 175 g/mol. The van der Waals surface area contributed by atoms with Crippen LogP contribution < -0.4 is 0 Å². The Morgan fingerprint density at radius 3 is 2.54 bits per heavy atom. The lowest BCUT2D eigenvalue weighted by atomic mass is 10.1. The van der Waals surface area contributed by atoms with Crippen LogP contribution in [0.5, 0.6) is 0 Å². The van der Waals surface area contributed by atoms with Crippen LogP contribution in [-0.2, 0) is 11.2 Å². The smallest absolute Gasteiger partial charge is 0.125 e. The van der Waals surface area contributed by atoms with Crippen LogP contribution in [0.1, 0.15) is 18.9 Å². The van der Waals surface area contributed by atoms with Crippen LogP contribution >= 0.6 is 0 Å². The number of nitrogens with zero attached hydrogens (tertiary/aromatic N) is 1. The first-order valence-corrected chi connectivity index (χ1v) is 4.42. The van der Waals surface area contributed by atoms with Crippen molar-refractivity contribution in [2.24, 2.45) is 4.99 Å². The van der Waals surface area contributed by atoms with Gasteiger partial charge in [0.15, 0.2) is 0 Å². The van der Waals surface area contributed by atoms with Crippen LogP contribution in [0.15, 0.2) is 29.3 Å². The lowest BCUT2D eigenvalue weighted by Gasteiger charge is -1.95. The number of carbonyl (C=O) groups is 1. The zero-order valence-corrected chi connectivity index (χ0v) is 7.73. The monoisotopic (exact) mass is 175 g/mol. The summed E-state index contributed by atoms with van der Waals surface area (Å²) in [5.74, 6) is 0. The van der Waals surface area contributed by atoms with Gasteiger partial charge in [-0.3, -0.25) is 4.99 Å². The molecule has 68 valence electrons. The molecule has 0 spiro atoms. The van der Waals surface area contributed by atoms with Crippen LogP contribution in [-0.4, -0.2) is 12.5 Å². The second-order valence-corrected chi connectivity index (χ2v) is 2.73. The molecule has 1 aromatic rings. The molecule has 0 unspecified atom stereocenters. The number of carbonyl (C=O) groups excluding carboxylic acids is 1. The molecule has 0 saturated carbocycles. The molecule has 1 aromatic carbocycles. The summed E-state index contributed by atoms with van der Waals surface area (Å²) in [5, 5.41) is 0. The maximum Gasteiger partial charge on any atom is 0.125 e. The third-order valence-corrected chi connectivity index (χ3v) is 1.79. The van der Waals surface area contributed by atoms with Gasteiger partial charge in [0.1, 0.15) is 6.29 Å². The molecule has 0 N–H and O–H groups in total. The number of hydrogen-bond donors (Lipinski definition) is 0. The number of aliphatic imine (C=N–C) groups is 1. The Balaban J connectivity index is 2.63. The summed E-state index contributed by atoms with van der Waals surface area (Å²) >= 11 is 0. The predicted octanol–water partition coefficient (Wildman–Crippen LogP) is 2.54. The molecule has 2 nitrogen and oxygen atoms in total. The predicted molar refractivity (Wildman–Crippen MR) is 54.7 cm³/mol. The van der Waals surface area contributed by atoms with Crippen molar-refractivity contribution >= 4 is 18.2 Å². The van der Waals surface area contributed by atoms with Gasteiger partial charge in [0.2, 0.25) is 0 Å². The molecule has 0 bridgehead atoms. The van der Waals surface area contributed by atoms with Gasteiger partial charge in [-0.05, 0) is 24.1 Å². The van der Waals surface area contributed by atoms with Crippen LogP contribution in [0.3, 0.4) is 0 Å². The third kappa shape index (κ3) is 3.20. The molecule has 0 heterocycles. The molecule has 0 fully saturated rings. The Kier molecular flexibility index (Phi) is 3.89. The standard InChI is InChI=1S/C11H13NO/c1-2-10-4-6-11(7-5-10)12-8-3-9-13/h4-9H,2-3H2,1H3. The number of aldehydes is 1. The van der Waals surface area contributed by atoms with Crippen molar-refractivity contribution in [1.29, 1.82) is 0 Å². The number of aryl methyl sites for hydroxylation is 1. The van der Waals surface area contributed by atoms with E-state index in [-0.39, 0.29) is 0 Å². The van der Waals surface area contributed by atoms with Gasteiger partial charge in [0.05, 0.1) is 5.69 Å². The molecule has 0 aliphatic heterocycles. The SMILES string of the molecule is CCc1ccc(N=CCC=O)cc1. The fourth-order valence-electron chi connectivity index (χ4n) is 1.02. The van der Waals surface area contributed by atoms with E-state index in [9.17, 15) is 4.79 Å². The second kappa shape index (κ2) is 5.25. The highest BCUT2D eigenvalue weighted by Gasteiger charge is 1.88. The zero-order valence-electron chi connectivity index (χ0n) is 7.73.